The van der Waals surface area contributed by atoms with Gasteiger partial charge in [-0.25, -0.2) is 13.1 Å². The van der Waals surface area contributed by atoms with Crippen molar-refractivity contribution in [2.75, 3.05) is 23.3 Å². The first kappa shape index (κ1) is 24.6. The number of anilines is 2. The largest absolute Gasteiger partial charge is 0.371 e. The molecule has 34 heavy (non-hydrogen) atoms. The highest BCUT2D eigenvalue weighted by molar-refractivity contribution is 7.91. The van der Waals surface area contributed by atoms with E-state index < -0.39 is 22.0 Å². The summed E-state index contributed by atoms with van der Waals surface area (Å²) >= 11 is 6.62. The number of amides is 1. The van der Waals surface area contributed by atoms with E-state index in [4.69, 9.17) is 11.6 Å². The lowest BCUT2D eigenvalue weighted by molar-refractivity contribution is 0.102. The van der Waals surface area contributed by atoms with Crippen LogP contribution in [0.15, 0.2) is 52.9 Å². The van der Waals surface area contributed by atoms with E-state index in [-0.39, 0.29) is 9.47 Å². The summed E-state index contributed by atoms with van der Waals surface area (Å²) in [5, 5.41) is 10.7. The van der Waals surface area contributed by atoms with Crippen molar-refractivity contribution in [2.45, 2.75) is 37.1 Å². The Balaban J connectivity index is 1.39. The first-order valence-electron chi connectivity index (χ1n) is 11.0. The van der Waals surface area contributed by atoms with Crippen LogP contribution in [0.4, 0.5) is 10.8 Å². The summed E-state index contributed by atoms with van der Waals surface area (Å²) in [6, 6.07) is 13.8. The van der Waals surface area contributed by atoms with Gasteiger partial charge in [0.25, 0.3) is 15.9 Å². The lowest BCUT2D eigenvalue weighted by Gasteiger charge is -2.33. The van der Waals surface area contributed by atoms with Gasteiger partial charge in [-0.15, -0.1) is 10.2 Å². The second-order valence-corrected chi connectivity index (χ2v) is 11.8. The monoisotopic (exact) mass is 519 g/mol. The number of benzene rings is 2. The Hall–Kier alpha value is -2.53. The quantitative estimate of drug-likeness (QED) is 0.438. The van der Waals surface area contributed by atoms with Crippen LogP contribution in [0.2, 0.25) is 5.02 Å². The van der Waals surface area contributed by atoms with Crippen LogP contribution in [0.3, 0.4) is 0 Å². The first-order valence-corrected chi connectivity index (χ1v) is 13.7. The van der Waals surface area contributed by atoms with Gasteiger partial charge < -0.3 is 4.90 Å². The fourth-order valence-electron chi connectivity index (χ4n) is 3.89. The number of carbonyl (C=O) groups is 1. The highest BCUT2D eigenvalue weighted by Crippen LogP contribution is 2.26. The van der Waals surface area contributed by atoms with Crippen LogP contribution in [-0.2, 0) is 10.0 Å². The Bertz CT molecular complexity index is 1250. The number of halogens is 1. The van der Waals surface area contributed by atoms with Gasteiger partial charge in [-0.1, -0.05) is 42.0 Å². The van der Waals surface area contributed by atoms with Gasteiger partial charge in [0.05, 0.1) is 0 Å². The average Bonchev–Trinajstić information content (AvgIpc) is 3.29. The summed E-state index contributed by atoms with van der Waals surface area (Å²) in [5.41, 5.74) is 2.37. The van der Waals surface area contributed by atoms with Gasteiger partial charge in [0.15, 0.2) is 0 Å². The van der Waals surface area contributed by atoms with E-state index >= 15 is 0 Å². The molecule has 2 aromatic carbocycles. The number of sulfonamides is 1. The van der Waals surface area contributed by atoms with Crippen molar-refractivity contribution in [2.24, 2.45) is 5.92 Å². The zero-order chi connectivity index (χ0) is 24.3. The van der Waals surface area contributed by atoms with E-state index in [2.05, 4.69) is 32.1 Å². The Kier molecular flexibility index (Phi) is 7.51. The number of piperidine rings is 1. The van der Waals surface area contributed by atoms with Crippen molar-refractivity contribution >= 4 is 49.7 Å². The first-order chi connectivity index (χ1) is 16.2. The predicted molar refractivity (Wildman–Crippen MR) is 135 cm³/mol. The molecule has 180 valence electrons. The number of carbonyl (C=O) groups excluding carboxylic acids is 1. The van der Waals surface area contributed by atoms with Gasteiger partial charge in [0, 0.05) is 35.4 Å². The minimum Gasteiger partial charge on any atom is -0.371 e. The smallest absolute Gasteiger partial charge is 0.270 e. The summed E-state index contributed by atoms with van der Waals surface area (Å²) in [6.07, 6.45) is 2.44. The molecule has 4 rings (SSSR count). The van der Waals surface area contributed by atoms with E-state index in [0.717, 1.165) is 35.7 Å². The van der Waals surface area contributed by atoms with E-state index in [1.165, 1.54) is 12.8 Å². The summed E-state index contributed by atoms with van der Waals surface area (Å²) in [6.45, 7) is 6.12. The maximum absolute atomic E-state index is 12.8. The molecule has 8 nitrogen and oxygen atoms in total. The van der Waals surface area contributed by atoms with E-state index in [0.29, 0.717) is 16.5 Å². The summed E-state index contributed by atoms with van der Waals surface area (Å²) in [5.74, 6) is 0.244. The van der Waals surface area contributed by atoms with Gasteiger partial charge in [0.2, 0.25) is 9.47 Å². The van der Waals surface area contributed by atoms with Gasteiger partial charge in [-0.2, -0.15) is 0 Å². The van der Waals surface area contributed by atoms with Crippen molar-refractivity contribution in [3.63, 3.8) is 0 Å². The molecule has 1 amide bonds. The van der Waals surface area contributed by atoms with Crippen LogP contribution >= 0.6 is 22.9 Å². The van der Waals surface area contributed by atoms with E-state index in [9.17, 15) is 13.2 Å². The molecule has 1 aliphatic rings. The fourth-order valence-corrected chi connectivity index (χ4v) is 6.16. The molecule has 1 fully saturated rings. The minimum absolute atomic E-state index is 0.0908. The molecule has 11 heteroatoms. The lowest BCUT2D eigenvalue weighted by Crippen LogP contribution is -2.34. The number of nitrogens with one attached hydrogen (secondary N) is 2. The second kappa shape index (κ2) is 10.4. The van der Waals surface area contributed by atoms with Crippen LogP contribution in [0, 0.1) is 5.92 Å². The van der Waals surface area contributed by atoms with Crippen molar-refractivity contribution in [3.8, 4) is 0 Å². The van der Waals surface area contributed by atoms with Gasteiger partial charge in [-0.3, -0.25) is 10.1 Å². The molecule has 0 spiro atoms. The molecule has 0 saturated carbocycles. The van der Waals surface area contributed by atoms with Crippen LogP contribution in [0.25, 0.3) is 0 Å². The maximum Gasteiger partial charge on any atom is 0.270 e. The minimum atomic E-state index is -3.92. The van der Waals surface area contributed by atoms with Crippen molar-refractivity contribution in [1.82, 2.24) is 14.9 Å². The third-order valence-corrected chi connectivity index (χ3v) is 8.71. The topological polar surface area (TPSA) is 104 Å². The summed E-state index contributed by atoms with van der Waals surface area (Å²) in [7, 11) is -3.92. The normalized spacial score (nSPS) is 17.4. The number of nitrogens with zero attached hydrogens (tertiary/aromatic N) is 3. The number of hydrogen-bond acceptors (Lipinski definition) is 7. The third kappa shape index (κ3) is 5.93. The molecule has 1 saturated heterocycles. The molecule has 1 aromatic heterocycles. The Morgan fingerprint density at radius 3 is 2.53 bits per heavy atom. The number of hydrogen-bond donors (Lipinski definition) is 2. The average molecular weight is 520 g/mol. The molecule has 3 aromatic rings. The molecule has 2 heterocycles. The molecule has 1 aliphatic heterocycles. The Labute approximate surface area is 208 Å². The van der Waals surface area contributed by atoms with Crippen LogP contribution in [-0.4, -0.2) is 37.6 Å². The SMILES string of the molecule is C[C@H]1CCCN(c2ccc([C@H](C)NS(=O)(=O)c3nnc(NC(=O)c4ccc(Cl)cc4)s3)cc2)C1. The number of aromatic nitrogens is 2. The standard InChI is InChI=1S/C23H26ClN5O3S2/c1-15-4-3-13-29(14-15)20-11-7-17(8-12-20)16(2)28-34(31,32)23-27-26-22(33-23)25-21(30)18-5-9-19(24)10-6-18/h5-12,15-16,28H,3-4,13-14H2,1-2H3,(H,25,26,30)/t15-,16-/m0/s1. The Morgan fingerprint density at radius 1 is 1.15 bits per heavy atom. The zero-order valence-corrected chi connectivity index (χ0v) is 21.3. The second-order valence-electron chi connectivity index (χ2n) is 8.46. The molecule has 0 bridgehead atoms. The van der Waals surface area contributed by atoms with Crippen LogP contribution in [0.1, 0.15) is 48.7 Å². The Morgan fingerprint density at radius 2 is 1.85 bits per heavy atom. The third-order valence-electron chi connectivity index (χ3n) is 5.71. The molecule has 0 aliphatic carbocycles. The summed E-state index contributed by atoms with van der Waals surface area (Å²) < 4.78 is 28.1. The maximum atomic E-state index is 12.8. The molecule has 0 unspecified atom stereocenters. The van der Waals surface area contributed by atoms with Gasteiger partial charge in [-0.05, 0) is 67.6 Å². The van der Waals surface area contributed by atoms with Gasteiger partial charge in [0.1, 0.15) is 0 Å². The number of rotatable bonds is 7. The lowest BCUT2D eigenvalue weighted by atomic mass is 9.99. The highest BCUT2D eigenvalue weighted by Gasteiger charge is 2.24. The molecular weight excluding hydrogens is 494 g/mol. The van der Waals surface area contributed by atoms with Crippen molar-refractivity contribution in [1.29, 1.82) is 0 Å². The zero-order valence-electron chi connectivity index (χ0n) is 18.9. The molecule has 0 radical (unpaired) electrons. The van der Waals surface area contributed by atoms with E-state index in [1.54, 1.807) is 31.2 Å². The van der Waals surface area contributed by atoms with Crippen molar-refractivity contribution in [3.05, 3.63) is 64.7 Å². The molecular formula is C23H26ClN5O3S2. The highest BCUT2D eigenvalue weighted by atomic mass is 35.5. The van der Waals surface area contributed by atoms with Gasteiger partial charge >= 0.3 is 0 Å². The summed E-state index contributed by atoms with van der Waals surface area (Å²) in [4.78, 5) is 14.7. The van der Waals surface area contributed by atoms with Crippen LogP contribution < -0.4 is 14.9 Å². The fraction of sp³-hybridized carbons (Fsp3) is 0.348. The molecule has 2 N–H and O–H groups in total. The van der Waals surface area contributed by atoms with Crippen LogP contribution in [0.5, 0.6) is 0 Å². The molecule has 2 atom stereocenters. The van der Waals surface area contributed by atoms with E-state index in [1.807, 2.05) is 24.3 Å². The predicted octanol–water partition coefficient (Wildman–Crippen LogP) is 4.72. The van der Waals surface area contributed by atoms with Crippen molar-refractivity contribution < 1.29 is 13.2 Å².